The fourth-order valence-corrected chi connectivity index (χ4v) is 3.18. The van der Waals surface area contributed by atoms with E-state index in [9.17, 15) is 9.59 Å². The molecule has 116 valence electrons. The highest BCUT2D eigenvalue weighted by molar-refractivity contribution is 5.97. The summed E-state index contributed by atoms with van der Waals surface area (Å²) in [6, 6.07) is 5.36. The number of carbonyl (C=O) groups is 1. The smallest absolute Gasteiger partial charge is 0.323 e. The standard InChI is InChI=1S/C17H21N3O2/c1-9(2)7-11-14(17(11,3)4)15(21)18-10-5-6-12-13(8-10)20-16(22)19-12/h5-8,11,14H,1-4H3,(H,18,21)(H2,19,20,22)/t11-,14-/m0/s1. The molecule has 3 rings (SSSR count). The largest absolute Gasteiger partial charge is 0.326 e. The van der Waals surface area contributed by atoms with Crippen molar-refractivity contribution in [2.75, 3.05) is 5.32 Å². The molecule has 0 spiro atoms. The van der Waals surface area contributed by atoms with Gasteiger partial charge in [-0.05, 0) is 43.4 Å². The first kappa shape index (κ1) is 14.6. The molecule has 1 fully saturated rings. The quantitative estimate of drug-likeness (QED) is 0.762. The van der Waals surface area contributed by atoms with Crippen LogP contribution in [0, 0.1) is 17.3 Å². The molecule has 3 N–H and O–H groups in total. The molecule has 2 aromatic rings. The summed E-state index contributed by atoms with van der Waals surface area (Å²) in [7, 11) is 0. The number of imidazole rings is 1. The van der Waals surface area contributed by atoms with Gasteiger partial charge in [0.25, 0.3) is 0 Å². The second-order valence-electron chi connectivity index (χ2n) is 6.90. The summed E-state index contributed by atoms with van der Waals surface area (Å²) in [5, 5.41) is 2.96. The van der Waals surface area contributed by atoms with Crippen LogP contribution in [0.1, 0.15) is 27.7 Å². The lowest BCUT2D eigenvalue weighted by Crippen LogP contribution is -2.16. The zero-order valence-electron chi connectivity index (χ0n) is 13.3. The van der Waals surface area contributed by atoms with Crippen LogP contribution in [0.2, 0.25) is 0 Å². The fourth-order valence-electron chi connectivity index (χ4n) is 3.18. The first-order chi connectivity index (χ1) is 10.3. The van der Waals surface area contributed by atoms with E-state index < -0.39 is 0 Å². The number of benzene rings is 1. The average Bonchev–Trinajstić information content (AvgIpc) is 2.75. The maximum absolute atomic E-state index is 12.5. The summed E-state index contributed by atoms with van der Waals surface area (Å²) >= 11 is 0. The number of H-pyrrole nitrogens is 2. The highest BCUT2D eigenvalue weighted by Gasteiger charge is 2.60. The van der Waals surface area contributed by atoms with Gasteiger partial charge < -0.3 is 15.3 Å². The highest BCUT2D eigenvalue weighted by atomic mass is 16.2. The summed E-state index contributed by atoms with van der Waals surface area (Å²) in [5.41, 5.74) is 3.11. The molecule has 2 atom stereocenters. The average molecular weight is 299 g/mol. The molecule has 0 bridgehead atoms. The predicted octanol–water partition coefficient (Wildman–Crippen LogP) is 3.03. The van der Waals surface area contributed by atoms with Crippen LogP contribution in [0.15, 0.2) is 34.6 Å². The number of rotatable bonds is 3. The van der Waals surface area contributed by atoms with Crippen molar-refractivity contribution in [3.05, 3.63) is 40.3 Å². The summed E-state index contributed by atoms with van der Waals surface area (Å²) < 4.78 is 0. The van der Waals surface area contributed by atoms with Crippen LogP contribution in [-0.2, 0) is 4.79 Å². The second kappa shape index (κ2) is 4.87. The van der Waals surface area contributed by atoms with Crippen molar-refractivity contribution >= 4 is 22.6 Å². The van der Waals surface area contributed by atoms with E-state index in [2.05, 4.69) is 49.1 Å². The summed E-state index contributed by atoms with van der Waals surface area (Å²) in [5.74, 6) is 0.307. The first-order valence-corrected chi connectivity index (χ1v) is 7.47. The molecule has 5 nitrogen and oxygen atoms in total. The number of aromatic amines is 2. The molecule has 22 heavy (non-hydrogen) atoms. The van der Waals surface area contributed by atoms with Crippen LogP contribution >= 0.6 is 0 Å². The van der Waals surface area contributed by atoms with Crippen molar-refractivity contribution in [3.8, 4) is 0 Å². The van der Waals surface area contributed by atoms with E-state index >= 15 is 0 Å². The minimum Gasteiger partial charge on any atom is -0.326 e. The summed E-state index contributed by atoms with van der Waals surface area (Å²) in [6.07, 6.45) is 2.18. The van der Waals surface area contributed by atoms with Gasteiger partial charge in [0, 0.05) is 5.69 Å². The molecule has 5 heteroatoms. The number of amides is 1. The Kier molecular flexibility index (Phi) is 3.24. The molecule has 0 saturated heterocycles. The molecule has 0 radical (unpaired) electrons. The molecule has 1 heterocycles. The van der Waals surface area contributed by atoms with Gasteiger partial charge in [-0.1, -0.05) is 25.5 Å². The molecular formula is C17H21N3O2. The van der Waals surface area contributed by atoms with E-state index in [1.807, 2.05) is 0 Å². The molecular weight excluding hydrogens is 278 g/mol. The van der Waals surface area contributed by atoms with E-state index in [-0.39, 0.29) is 28.8 Å². The Morgan fingerprint density at radius 3 is 2.59 bits per heavy atom. The van der Waals surface area contributed by atoms with Crippen molar-refractivity contribution in [3.63, 3.8) is 0 Å². The number of allylic oxidation sites excluding steroid dienone is 2. The lowest BCUT2D eigenvalue weighted by molar-refractivity contribution is -0.118. The molecule has 1 aromatic carbocycles. The van der Waals surface area contributed by atoms with E-state index in [1.165, 1.54) is 5.57 Å². The number of hydrogen-bond donors (Lipinski definition) is 3. The van der Waals surface area contributed by atoms with Crippen LogP contribution in [-0.4, -0.2) is 15.9 Å². The Morgan fingerprint density at radius 1 is 1.23 bits per heavy atom. The van der Waals surface area contributed by atoms with Gasteiger partial charge in [0.15, 0.2) is 0 Å². The number of hydrogen-bond acceptors (Lipinski definition) is 2. The third-order valence-electron chi connectivity index (χ3n) is 4.49. The number of anilines is 1. The van der Waals surface area contributed by atoms with Crippen LogP contribution in [0.5, 0.6) is 0 Å². The van der Waals surface area contributed by atoms with Gasteiger partial charge in [0.2, 0.25) is 5.91 Å². The lowest BCUT2D eigenvalue weighted by atomic mass is 10.1. The topological polar surface area (TPSA) is 77.8 Å². The monoisotopic (exact) mass is 299 g/mol. The third kappa shape index (κ3) is 2.47. The van der Waals surface area contributed by atoms with Crippen LogP contribution in [0.25, 0.3) is 11.0 Å². The van der Waals surface area contributed by atoms with Gasteiger partial charge in [-0.3, -0.25) is 4.79 Å². The number of nitrogens with one attached hydrogen (secondary N) is 3. The normalized spacial score (nSPS) is 22.4. The zero-order valence-corrected chi connectivity index (χ0v) is 13.3. The maximum atomic E-state index is 12.5. The van der Waals surface area contributed by atoms with Crippen molar-refractivity contribution in [1.82, 2.24) is 9.97 Å². The molecule has 0 aliphatic heterocycles. The molecule has 1 aliphatic rings. The minimum absolute atomic E-state index is 0.00610. The van der Waals surface area contributed by atoms with E-state index in [0.29, 0.717) is 11.2 Å². The Balaban J connectivity index is 1.79. The summed E-state index contributed by atoms with van der Waals surface area (Å²) in [4.78, 5) is 29.2. The Hall–Kier alpha value is -2.30. The van der Waals surface area contributed by atoms with E-state index in [4.69, 9.17) is 0 Å². The van der Waals surface area contributed by atoms with Crippen molar-refractivity contribution in [1.29, 1.82) is 0 Å². The van der Waals surface area contributed by atoms with Gasteiger partial charge in [0.1, 0.15) is 0 Å². The van der Waals surface area contributed by atoms with Crippen molar-refractivity contribution in [2.24, 2.45) is 17.3 Å². The molecule has 1 aromatic heterocycles. The van der Waals surface area contributed by atoms with Gasteiger partial charge in [-0.25, -0.2) is 4.79 Å². The molecule has 1 saturated carbocycles. The minimum atomic E-state index is -0.245. The SMILES string of the molecule is CC(C)=C[C@H]1[C@@H](C(=O)Nc2ccc3[nH]c(=O)[nH]c3c2)C1(C)C. The Bertz CT molecular complexity index is 822. The number of carbonyl (C=O) groups excluding carboxylic acids is 1. The second-order valence-corrected chi connectivity index (χ2v) is 6.90. The van der Waals surface area contributed by atoms with Gasteiger partial charge in [-0.15, -0.1) is 0 Å². The number of aromatic nitrogens is 2. The Labute approximate surface area is 128 Å². The van der Waals surface area contributed by atoms with Crippen LogP contribution in [0.3, 0.4) is 0 Å². The zero-order chi connectivity index (χ0) is 16.1. The predicted molar refractivity (Wildman–Crippen MR) is 87.7 cm³/mol. The fraction of sp³-hybridized carbons (Fsp3) is 0.412. The number of fused-ring (bicyclic) bond motifs is 1. The maximum Gasteiger partial charge on any atom is 0.323 e. The Morgan fingerprint density at radius 2 is 1.91 bits per heavy atom. The van der Waals surface area contributed by atoms with Crippen LogP contribution < -0.4 is 11.0 Å². The van der Waals surface area contributed by atoms with Gasteiger partial charge in [-0.2, -0.15) is 0 Å². The van der Waals surface area contributed by atoms with Crippen molar-refractivity contribution < 1.29 is 4.79 Å². The summed E-state index contributed by atoms with van der Waals surface area (Å²) in [6.45, 7) is 8.35. The third-order valence-corrected chi connectivity index (χ3v) is 4.49. The van der Waals surface area contributed by atoms with E-state index in [1.54, 1.807) is 18.2 Å². The molecule has 0 unspecified atom stereocenters. The van der Waals surface area contributed by atoms with E-state index in [0.717, 1.165) is 5.52 Å². The first-order valence-electron chi connectivity index (χ1n) is 7.47. The lowest BCUT2D eigenvalue weighted by Gasteiger charge is -2.06. The van der Waals surface area contributed by atoms with Crippen molar-refractivity contribution in [2.45, 2.75) is 27.7 Å². The van der Waals surface area contributed by atoms with Gasteiger partial charge in [0.05, 0.1) is 17.0 Å². The molecule has 1 amide bonds. The highest BCUT2D eigenvalue weighted by Crippen LogP contribution is 2.59. The van der Waals surface area contributed by atoms with Gasteiger partial charge >= 0.3 is 5.69 Å². The van der Waals surface area contributed by atoms with Crippen LogP contribution in [0.4, 0.5) is 5.69 Å². The molecule has 1 aliphatic carbocycles.